The molecule has 1 unspecified atom stereocenters. The molecule has 0 bridgehead atoms. The quantitative estimate of drug-likeness (QED) is 0.881. The zero-order valence-electron chi connectivity index (χ0n) is 10.7. The first kappa shape index (κ1) is 12.6. The molecule has 1 aromatic carbocycles. The van der Waals surface area contributed by atoms with Gasteiger partial charge in [-0.25, -0.2) is 0 Å². The van der Waals surface area contributed by atoms with Crippen LogP contribution in [0.15, 0.2) is 36.5 Å². The molecule has 0 aliphatic heterocycles. The highest BCUT2D eigenvalue weighted by Gasteiger charge is 2.18. The first-order chi connectivity index (χ1) is 8.77. The Kier molecular flexibility index (Phi) is 3.99. The van der Waals surface area contributed by atoms with Crippen LogP contribution in [-0.2, 0) is 6.54 Å². The summed E-state index contributed by atoms with van der Waals surface area (Å²) in [6.07, 6.45) is 0.987. The third-order valence-electron chi connectivity index (χ3n) is 2.84. The summed E-state index contributed by atoms with van der Waals surface area (Å²) in [5.74, 6) is 0.719. The predicted octanol–water partition coefficient (Wildman–Crippen LogP) is 2.38. The third-order valence-corrected chi connectivity index (χ3v) is 2.84. The molecule has 2 aromatic rings. The van der Waals surface area contributed by atoms with Crippen molar-refractivity contribution in [1.82, 2.24) is 9.78 Å². The van der Waals surface area contributed by atoms with Crippen LogP contribution in [0.25, 0.3) is 0 Å². The van der Waals surface area contributed by atoms with E-state index in [2.05, 4.69) is 5.10 Å². The van der Waals surface area contributed by atoms with Gasteiger partial charge in [0.05, 0.1) is 12.3 Å². The number of hydrogen-bond donors (Lipinski definition) is 1. The van der Waals surface area contributed by atoms with E-state index < -0.39 is 6.10 Å². The van der Waals surface area contributed by atoms with Gasteiger partial charge in [-0.2, -0.15) is 5.10 Å². The molecular weight excluding hydrogens is 228 g/mol. The van der Waals surface area contributed by atoms with Crippen molar-refractivity contribution in [3.63, 3.8) is 0 Å². The Morgan fingerprint density at radius 2 is 2.06 bits per heavy atom. The smallest absolute Gasteiger partial charge is 0.125 e. The van der Waals surface area contributed by atoms with Crippen molar-refractivity contribution in [3.8, 4) is 5.75 Å². The van der Waals surface area contributed by atoms with Gasteiger partial charge in [-0.05, 0) is 26.0 Å². The van der Waals surface area contributed by atoms with Crippen molar-refractivity contribution in [2.75, 3.05) is 6.61 Å². The van der Waals surface area contributed by atoms with Crippen LogP contribution >= 0.6 is 0 Å². The third kappa shape index (κ3) is 2.38. The van der Waals surface area contributed by atoms with E-state index in [1.807, 2.05) is 44.2 Å². The van der Waals surface area contributed by atoms with Crippen LogP contribution in [0.4, 0.5) is 0 Å². The van der Waals surface area contributed by atoms with Crippen LogP contribution in [0, 0.1) is 0 Å². The van der Waals surface area contributed by atoms with Crippen molar-refractivity contribution in [3.05, 3.63) is 47.8 Å². The lowest BCUT2D eigenvalue weighted by molar-refractivity contribution is 0.200. The van der Waals surface area contributed by atoms with E-state index >= 15 is 0 Å². The molecule has 96 valence electrons. The standard InChI is InChI=1S/C14H18N2O2/c1-3-16-12(9-10-15-16)14(17)11-7-5-6-8-13(11)18-4-2/h5-10,14,17H,3-4H2,1-2H3. The summed E-state index contributed by atoms with van der Waals surface area (Å²) < 4.78 is 7.33. The van der Waals surface area contributed by atoms with Crippen molar-refractivity contribution in [1.29, 1.82) is 0 Å². The van der Waals surface area contributed by atoms with E-state index in [4.69, 9.17) is 4.74 Å². The Morgan fingerprint density at radius 3 is 2.78 bits per heavy atom. The molecule has 0 saturated heterocycles. The summed E-state index contributed by atoms with van der Waals surface area (Å²) in [6.45, 7) is 5.24. The highest BCUT2D eigenvalue weighted by atomic mass is 16.5. The molecule has 4 heteroatoms. The number of aromatic nitrogens is 2. The number of hydrogen-bond acceptors (Lipinski definition) is 3. The van der Waals surface area contributed by atoms with Crippen LogP contribution in [0.5, 0.6) is 5.75 Å². The van der Waals surface area contributed by atoms with Gasteiger partial charge in [0.2, 0.25) is 0 Å². The minimum absolute atomic E-state index is 0.580. The summed E-state index contributed by atoms with van der Waals surface area (Å²) in [5.41, 5.74) is 1.55. The first-order valence-corrected chi connectivity index (χ1v) is 6.19. The largest absolute Gasteiger partial charge is 0.493 e. The average Bonchev–Trinajstić information content (AvgIpc) is 2.87. The molecule has 1 aromatic heterocycles. The van der Waals surface area contributed by atoms with E-state index in [1.165, 1.54) is 0 Å². The maximum Gasteiger partial charge on any atom is 0.125 e. The number of aliphatic hydroxyl groups is 1. The molecule has 0 radical (unpaired) electrons. The van der Waals surface area contributed by atoms with Gasteiger partial charge in [0, 0.05) is 18.3 Å². The fourth-order valence-electron chi connectivity index (χ4n) is 1.99. The molecule has 4 nitrogen and oxygen atoms in total. The summed E-state index contributed by atoms with van der Waals surface area (Å²) in [6, 6.07) is 9.38. The highest BCUT2D eigenvalue weighted by molar-refractivity contribution is 5.38. The van der Waals surface area contributed by atoms with E-state index in [0.29, 0.717) is 6.61 Å². The van der Waals surface area contributed by atoms with Crippen LogP contribution in [-0.4, -0.2) is 21.5 Å². The van der Waals surface area contributed by atoms with E-state index in [1.54, 1.807) is 10.9 Å². The molecule has 0 aliphatic rings. The first-order valence-electron chi connectivity index (χ1n) is 6.19. The number of para-hydroxylation sites is 1. The maximum atomic E-state index is 10.5. The second-order valence-electron chi connectivity index (χ2n) is 3.95. The molecule has 1 atom stereocenters. The molecule has 0 saturated carbocycles. The number of rotatable bonds is 5. The fraction of sp³-hybridized carbons (Fsp3) is 0.357. The Balaban J connectivity index is 2.36. The zero-order valence-corrected chi connectivity index (χ0v) is 10.7. The Labute approximate surface area is 107 Å². The van der Waals surface area contributed by atoms with E-state index in [0.717, 1.165) is 23.6 Å². The molecule has 2 rings (SSSR count). The van der Waals surface area contributed by atoms with E-state index in [-0.39, 0.29) is 0 Å². The minimum atomic E-state index is -0.713. The Bertz CT molecular complexity index is 508. The SMILES string of the molecule is CCOc1ccccc1C(O)c1ccnn1CC. The fourth-order valence-corrected chi connectivity index (χ4v) is 1.99. The number of aryl methyl sites for hydroxylation is 1. The molecule has 1 N–H and O–H groups in total. The zero-order chi connectivity index (χ0) is 13.0. The lowest BCUT2D eigenvalue weighted by atomic mass is 10.1. The minimum Gasteiger partial charge on any atom is -0.493 e. The topological polar surface area (TPSA) is 47.3 Å². The second kappa shape index (κ2) is 5.69. The molecule has 18 heavy (non-hydrogen) atoms. The van der Waals surface area contributed by atoms with Crippen molar-refractivity contribution < 1.29 is 9.84 Å². The number of benzene rings is 1. The number of nitrogens with zero attached hydrogens (tertiary/aromatic N) is 2. The van der Waals surface area contributed by atoms with Gasteiger partial charge in [0.25, 0.3) is 0 Å². The normalized spacial score (nSPS) is 12.4. The summed E-state index contributed by atoms with van der Waals surface area (Å²) in [5, 5.41) is 14.6. The Hall–Kier alpha value is -1.81. The van der Waals surface area contributed by atoms with Gasteiger partial charge in [-0.3, -0.25) is 4.68 Å². The van der Waals surface area contributed by atoms with Gasteiger partial charge >= 0.3 is 0 Å². The average molecular weight is 246 g/mol. The van der Waals surface area contributed by atoms with Gasteiger partial charge in [0.1, 0.15) is 11.9 Å². The molecular formula is C14H18N2O2. The lowest BCUT2D eigenvalue weighted by Gasteiger charge is -2.16. The van der Waals surface area contributed by atoms with Crippen molar-refractivity contribution >= 4 is 0 Å². The molecule has 0 spiro atoms. The number of aliphatic hydroxyl groups excluding tert-OH is 1. The summed E-state index contributed by atoms with van der Waals surface area (Å²) in [7, 11) is 0. The van der Waals surface area contributed by atoms with Crippen LogP contribution in [0.2, 0.25) is 0 Å². The lowest BCUT2D eigenvalue weighted by Crippen LogP contribution is -2.10. The molecule has 0 amide bonds. The predicted molar refractivity (Wildman–Crippen MR) is 69.6 cm³/mol. The monoisotopic (exact) mass is 246 g/mol. The van der Waals surface area contributed by atoms with E-state index in [9.17, 15) is 5.11 Å². The Morgan fingerprint density at radius 1 is 1.28 bits per heavy atom. The van der Waals surface area contributed by atoms with Crippen LogP contribution in [0.1, 0.15) is 31.2 Å². The van der Waals surface area contributed by atoms with Crippen molar-refractivity contribution in [2.45, 2.75) is 26.5 Å². The van der Waals surface area contributed by atoms with Crippen LogP contribution in [0.3, 0.4) is 0 Å². The second-order valence-corrected chi connectivity index (χ2v) is 3.95. The number of ether oxygens (including phenoxy) is 1. The maximum absolute atomic E-state index is 10.5. The summed E-state index contributed by atoms with van der Waals surface area (Å²) in [4.78, 5) is 0. The van der Waals surface area contributed by atoms with Gasteiger partial charge in [-0.1, -0.05) is 18.2 Å². The van der Waals surface area contributed by atoms with Crippen molar-refractivity contribution in [2.24, 2.45) is 0 Å². The van der Waals surface area contributed by atoms with Gasteiger partial charge < -0.3 is 9.84 Å². The highest BCUT2D eigenvalue weighted by Crippen LogP contribution is 2.29. The summed E-state index contributed by atoms with van der Waals surface area (Å²) >= 11 is 0. The molecule has 0 aliphatic carbocycles. The van der Waals surface area contributed by atoms with Gasteiger partial charge in [0.15, 0.2) is 0 Å². The molecule has 1 heterocycles. The van der Waals surface area contributed by atoms with Gasteiger partial charge in [-0.15, -0.1) is 0 Å². The molecule has 0 fully saturated rings. The van der Waals surface area contributed by atoms with Crippen LogP contribution < -0.4 is 4.74 Å².